The highest BCUT2D eigenvalue weighted by Gasteiger charge is 2.66. The van der Waals surface area contributed by atoms with E-state index < -0.39 is 46.5 Å². The minimum Gasteiger partial charge on any atom is -0.508 e. The van der Waals surface area contributed by atoms with Crippen molar-refractivity contribution >= 4 is 50.7 Å². The highest BCUT2D eigenvalue weighted by Crippen LogP contribution is 2.62. The fourth-order valence-corrected chi connectivity index (χ4v) is 10.1. The number of hydrogen-bond donors (Lipinski definition) is 1. The molecule has 4 atom stereocenters. The van der Waals surface area contributed by atoms with Crippen LogP contribution in [0.15, 0.2) is 94.0 Å². The molecule has 2 amide bonds. The molecule has 1 N–H and O–H groups in total. The van der Waals surface area contributed by atoms with Gasteiger partial charge in [-0.1, -0.05) is 41.9 Å². The number of imide groups is 1. The molecule has 0 spiro atoms. The molecule has 268 valence electrons. The molecular weight excluding hydrogens is 716 g/mol. The van der Waals surface area contributed by atoms with E-state index >= 15 is 4.79 Å². The zero-order valence-electron chi connectivity index (χ0n) is 29.1. The minimum atomic E-state index is -1.38. The molecule has 4 unspecified atom stereocenters. The molecule has 0 bridgehead atoms. The maximum absolute atomic E-state index is 15.1. The Balaban J connectivity index is 1.20. The molecule has 1 saturated heterocycles. The zero-order chi connectivity index (χ0) is 37.1. The van der Waals surface area contributed by atoms with Gasteiger partial charge in [0.15, 0.2) is 0 Å². The van der Waals surface area contributed by atoms with Crippen LogP contribution in [-0.4, -0.2) is 47.7 Å². The van der Waals surface area contributed by atoms with E-state index in [1.807, 2.05) is 31.2 Å². The molecule has 53 heavy (non-hydrogen) atoms. The summed E-state index contributed by atoms with van der Waals surface area (Å²) in [5.41, 5.74) is 0.657. The summed E-state index contributed by atoms with van der Waals surface area (Å²) in [7, 11) is 3.19. The van der Waals surface area contributed by atoms with Gasteiger partial charge in [0.2, 0.25) is 11.8 Å². The predicted octanol–water partition coefficient (Wildman–Crippen LogP) is 5.96. The maximum atomic E-state index is 15.1. The highest BCUT2D eigenvalue weighted by molar-refractivity contribution is 7.22. The van der Waals surface area contributed by atoms with Crippen LogP contribution in [0.1, 0.15) is 36.4 Å². The van der Waals surface area contributed by atoms with E-state index in [1.165, 1.54) is 32.1 Å². The van der Waals surface area contributed by atoms with Crippen molar-refractivity contribution in [3.8, 4) is 27.8 Å². The third-order valence-corrected chi connectivity index (χ3v) is 12.8. The van der Waals surface area contributed by atoms with E-state index in [0.717, 1.165) is 25.1 Å². The number of ether oxygens (including phenoxy) is 1. The van der Waals surface area contributed by atoms with Crippen molar-refractivity contribution in [2.45, 2.75) is 38.8 Å². The van der Waals surface area contributed by atoms with Crippen molar-refractivity contribution in [1.29, 1.82) is 0 Å². The van der Waals surface area contributed by atoms with Crippen molar-refractivity contribution in [3.05, 3.63) is 122 Å². The minimum absolute atomic E-state index is 0.0601. The fourth-order valence-electron chi connectivity index (χ4n) is 8.75. The average molecular weight is 749 g/mol. The summed E-state index contributed by atoms with van der Waals surface area (Å²) in [5.74, 6) is -2.05. The van der Waals surface area contributed by atoms with Gasteiger partial charge in [-0.2, -0.15) is 5.10 Å². The molecule has 6 aromatic rings. The van der Waals surface area contributed by atoms with E-state index in [-0.39, 0.29) is 18.7 Å². The zero-order valence-corrected chi connectivity index (χ0v) is 30.7. The molecule has 3 aromatic carbocycles. The van der Waals surface area contributed by atoms with Crippen LogP contribution in [0.4, 0.5) is 5.82 Å². The lowest BCUT2D eigenvalue weighted by atomic mass is 9.56. The molecule has 3 aromatic heterocycles. The molecule has 12 nitrogen and oxygen atoms in total. The number of thiophene rings is 1. The third-order valence-electron chi connectivity index (χ3n) is 11.3. The number of amides is 2. The van der Waals surface area contributed by atoms with Crippen LogP contribution in [0, 0.1) is 18.3 Å². The normalized spacial score (nSPS) is 22.2. The van der Waals surface area contributed by atoms with E-state index in [4.69, 9.17) is 21.4 Å². The number of aryl methyl sites for hydroxylation is 2. The van der Waals surface area contributed by atoms with Crippen LogP contribution in [0.3, 0.4) is 0 Å². The first-order valence-electron chi connectivity index (χ1n) is 17.1. The number of anilines is 1. The molecule has 14 heteroatoms. The Morgan fingerprint density at radius 1 is 1.00 bits per heavy atom. The lowest BCUT2D eigenvalue weighted by molar-refractivity contribution is -0.129. The summed E-state index contributed by atoms with van der Waals surface area (Å²) in [4.78, 5) is 59.9. The van der Waals surface area contributed by atoms with Crippen molar-refractivity contribution in [1.82, 2.24) is 23.7 Å². The number of methoxy groups -OCH3 is 1. The van der Waals surface area contributed by atoms with Crippen LogP contribution in [0.5, 0.6) is 11.5 Å². The number of carbonyl (C=O) groups excluding carboxylic acids is 2. The SMILES string of the molecule is COc1ccc(C2C3=CCn4c(=O)n(-c5ccccc5)c(=O)n4C3CC3C(=O)N(c4cc(-c5sc6ccc(Cl)cc6c5C)nn4C)C(=O)C32C)c(O)c1. The summed E-state index contributed by atoms with van der Waals surface area (Å²) in [6, 6.07) is 20.3. The van der Waals surface area contributed by atoms with Gasteiger partial charge >= 0.3 is 11.4 Å². The van der Waals surface area contributed by atoms with Gasteiger partial charge in [0.25, 0.3) is 0 Å². The van der Waals surface area contributed by atoms with E-state index in [9.17, 15) is 19.5 Å². The standard InChI is InChI=1S/C39H33ClN6O6S/c1-20-26-16-21(40)10-13-31(26)53-34(20)28-19-32(42(3)41-28)45-35(48)27-18-29-24(33(39(27,2)36(45)49)25-12-11-23(52-4)17-30(25)47)14-15-43-37(50)44(38(51)46(29)43)22-8-6-5-7-9-22/h5-14,16-17,19,27,29,33,47H,15,18H2,1-4H3. The summed E-state index contributed by atoms with van der Waals surface area (Å²) in [6.07, 6.45) is 1.94. The molecule has 9 rings (SSSR count). The third kappa shape index (κ3) is 4.56. The van der Waals surface area contributed by atoms with Gasteiger partial charge in [-0.3, -0.25) is 14.3 Å². The number of para-hydroxylation sites is 1. The van der Waals surface area contributed by atoms with Crippen LogP contribution in [0.25, 0.3) is 26.3 Å². The van der Waals surface area contributed by atoms with Gasteiger partial charge in [0.1, 0.15) is 23.0 Å². The maximum Gasteiger partial charge on any atom is 0.352 e. The average Bonchev–Trinajstić information content (AvgIpc) is 3.82. The van der Waals surface area contributed by atoms with Crippen LogP contribution in [0.2, 0.25) is 5.02 Å². The smallest absolute Gasteiger partial charge is 0.352 e. The lowest BCUT2D eigenvalue weighted by Crippen LogP contribution is -2.49. The number of allylic oxidation sites excluding steroid dienone is 2. The van der Waals surface area contributed by atoms with Crippen molar-refractivity contribution in [2.75, 3.05) is 12.0 Å². The molecule has 0 radical (unpaired) electrons. The van der Waals surface area contributed by atoms with Crippen LogP contribution >= 0.6 is 22.9 Å². The monoisotopic (exact) mass is 748 g/mol. The van der Waals surface area contributed by atoms with Gasteiger partial charge in [0.05, 0.1) is 41.6 Å². The van der Waals surface area contributed by atoms with Gasteiger partial charge in [0, 0.05) is 40.4 Å². The number of hydrogen-bond acceptors (Lipinski definition) is 8. The van der Waals surface area contributed by atoms with Gasteiger partial charge in [-0.05, 0) is 73.2 Å². The van der Waals surface area contributed by atoms with E-state index in [2.05, 4.69) is 0 Å². The first kappa shape index (κ1) is 33.2. The van der Waals surface area contributed by atoms with Crippen LogP contribution in [-0.2, 0) is 23.2 Å². The molecule has 1 saturated carbocycles. The molecule has 5 heterocycles. The summed E-state index contributed by atoms with van der Waals surface area (Å²) < 4.78 is 11.9. The highest BCUT2D eigenvalue weighted by atomic mass is 35.5. The number of phenols is 1. The lowest BCUT2D eigenvalue weighted by Gasteiger charge is -2.47. The van der Waals surface area contributed by atoms with Crippen molar-refractivity contribution in [3.63, 3.8) is 0 Å². The number of fused-ring (bicyclic) bond motifs is 5. The van der Waals surface area contributed by atoms with E-state index in [0.29, 0.717) is 39.1 Å². The second-order valence-electron chi connectivity index (χ2n) is 14.0. The molecule has 2 fully saturated rings. The number of carbonyl (C=O) groups is 2. The number of aromatic hydroxyl groups is 1. The Kier molecular flexibility index (Phi) is 7.31. The van der Waals surface area contributed by atoms with Crippen molar-refractivity contribution in [2.24, 2.45) is 18.4 Å². The summed E-state index contributed by atoms with van der Waals surface area (Å²) >= 11 is 7.86. The number of halogens is 1. The molecular formula is C39H33ClN6O6S. The predicted molar refractivity (Wildman–Crippen MR) is 201 cm³/mol. The Hall–Kier alpha value is -5.66. The van der Waals surface area contributed by atoms with Gasteiger partial charge in [-0.25, -0.2) is 28.4 Å². The van der Waals surface area contributed by atoms with Crippen LogP contribution < -0.4 is 21.0 Å². The summed E-state index contributed by atoms with van der Waals surface area (Å²) in [6.45, 7) is 3.82. The number of phenolic OH excluding ortho intramolecular Hbond substituents is 1. The number of nitrogens with zero attached hydrogens (tertiary/aromatic N) is 6. The molecule has 2 aliphatic heterocycles. The Morgan fingerprint density at radius 2 is 1.77 bits per heavy atom. The van der Waals surface area contributed by atoms with Gasteiger partial charge in [-0.15, -0.1) is 11.3 Å². The molecule has 1 aliphatic carbocycles. The van der Waals surface area contributed by atoms with E-state index in [1.54, 1.807) is 73.8 Å². The van der Waals surface area contributed by atoms with Crippen molar-refractivity contribution < 1.29 is 19.4 Å². The fraction of sp³-hybridized carbons (Fsp3) is 0.256. The Labute approximate surface area is 311 Å². The first-order valence-corrected chi connectivity index (χ1v) is 18.3. The molecule has 3 aliphatic rings. The quantitative estimate of drug-likeness (QED) is 0.170. The Morgan fingerprint density at radius 3 is 2.51 bits per heavy atom. The largest absolute Gasteiger partial charge is 0.508 e. The number of aromatic nitrogens is 5. The topological polar surface area (TPSA) is 134 Å². The number of benzene rings is 3. The van der Waals surface area contributed by atoms with Gasteiger partial charge < -0.3 is 9.84 Å². The second-order valence-corrected chi connectivity index (χ2v) is 15.5. The number of rotatable bonds is 5. The summed E-state index contributed by atoms with van der Waals surface area (Å²) in [5, 5.41) is 17.9. The second kappa shape index (κ2) is 11.7. The Bertz CT molecular complexity index is 2700. The first-order chi connectivity index (χ1) is 25.4.